The lowest BCUT2D eigenvalue weighted by Gasteiger charge is -2.24. The van der Waals surface area contributed by atoms with Crippen LogP contribution in [0.4, 0.5) is 0 Å². The molecule has 0 fully saturated rings. The lowest BCUT2D eigenvalue weighted by Crippen LogP contribution is -2.33. The van der Waals surface area contributed by atoms with Crippen molar-refractivity contribution < 1.29 is 9.84 Å². The Morgan fingerprint density at radius 1 is 1.31 bits per heavy atom. The van der Waals surface area contributed by atoms with E-state index in [1.165, 1.54) is 18.3 Å². The highest BCUT2D eigenvalue weighted by Gasteiger charge is 2.20. The van der Waals surface area contributed by atoms with Crippen LogP contribution in [-0.4, -0.2) is 26.1 Å². The SMILES string of the molecule is CC(C)C1=CC(Oc2c(Cl)cc(-n3nc(C#N)c(=O)[nH]c3=O)cc2Cl)=CNC1O. The molecule has 1 aliphatic heterocycles. The van der Waals surface area contributed by atoms with Crippen LogP contribution in [0.1, 0.15) is 19.5 Å². The van der Waals surface area contributed by atoms with Crippen LogP contribution in [0, 0.1) is 17.2 Å². The Hall–Kier alpha value is -3.06. The van der Waals surface area contributed by atoms with E-state index >= 15 is 0 Å². The molecule has 0 saturated carbocycles. The predicted molar refractivity (Wildman–Crippen MR) is 106 cm³/mol. The van der Waals surface area contributed by atoms with Gasteiger partial charge in [0.15, 0.2) is 5.75 Å². The second-order valence-corrected chi connectivity index (χ2v) is 7.20. The van der Waals surface area contributed by atoms with Gasteiger partial charge in [-0.3, -0.25) is 9.78 Å². The van der Waals surface area contributed by atoms with Gasteiger partial charge in [0.1, 0.15) is 18.1 Å². The van der Waals surface area contributed by atoms with Crippen molar-refractivity contribution in [1.82, 2.24) is 20.1 Å². The molecule has 1 unspecified atom stereocenters. The highest BCUT2D eigenvalue weighted by molar-refractivity contribution is 6.37. The van der Waals surface area contributed by atoms with Crippen molar-refractivity contribution in [2.75, 3.05) is 0 Å². The van der Waals surface area contributed by atoms with Crippen LogP contribution in [0.2, 0.25) is 10.0 Å². The molecule has 0 aliphatic carbocycles. The normalized spacial score (nSPS) is 16.0. The largest absolute Gasteiger partial charge is 0.453 e. The van der Waals surface area contributed by atoms with Crippen LogP contribution in [0.25, 0.3) is 5.69 Å². The van der Waals surface area contributed by atoms with Crippen molar-refractivity contribution in [3.05, 3.63) is 72.3 Å². The van der Waals surface area contributed by atoms with Crippen LogP contribution in [-0.2, 0) is 0 Å². The first kappa shape index (κ1) is 20.7. The van der Waals surface area contributed by atoms with Crippen molar-refractivity contribution in [3.8, 4) is 17.5 Å². The molecule has 3 rings (SSSR count). The summed E-state index contributed by atoms with van der Waals surface area (Å²) in [6.45, 7) is 3.86. The average molecular weight is 436 g/mol. The van der Waals surface area contributed by atoms with Gasteiger partial charge in [0.05, 0.1) is 15.7 Å². The van der Waals surface area contributed by atoms with E-state index in [4.69, 9.17) is 33.2 Å². The van der Waals surface area contributed by atoms with E-state index < -0.39 is 23.2 Å². The van der Waals surface area contributed by atoms with E-state index in [-0.39, 0.29) is 27.4 Å². The number of nitrogens with one attached hydrogen (secondary N) is 2. The Morgan fingerprint density at radius 3 is 2.55 bits per heavy atom. The zero-order valence-corrected chi connectivity index (χ0v) is 16.7. The third-order valence-corrected chi connectivity index (χ3v) is 4.62. The van der Waals surface area contributed by atoms with Crippen molar-refractivity contribution in [3.63, 3.8) is 0 Å². The number of hydrogen-bond acceptors (Lipinski definition) is 7. The zero-order chi connectivity index (χ0) is 21.3. The summed E-state index contributed by atoms with van der Waals surface area (Å²) in [6, 6.07) is 4.31. The molecular formula is C18H15Cl2N5O4. The minimum atomic E-state index is -0.891. The fraction of sp³-hybridized carbons (Fsp3) is 0.222. The molecule has 2 aromatic rings. The molecule has 0 amide bonds. The molecule has 1 aliphatic rings. The lowest BCUT2D eigenvalue weighted by atomic mass is 9.99. The van der Waals surface area contributed by atoms with Gasteiger partial charge in [0.25, 0.3) is 5.56 Å². The molecule has 0 radical (unpaired) electrons. The maximum Gasteiger partial charge on any atom is 0.349 e. The minimum absolute atomic E-state index is 0.0671. The first-order chi connectivity index (χ1) is 13.7. The Labute approximate surface area is 174 Å². The Balaban J connectivity index is 1.99. The molecule has 9 nitrogen and oxygen atoms in total. The topological polar surface area (TPSA) is 133 Å². The fourth-order valence-corrected chi connectivity index (χ4v) is 3.17. The number of allylic oxidation sites excluding steroid dienone is 1. The summed E-state index contributed by atoms with van der Waals surface area (Å²) < 4.78 is 6.56. The number of aliphatic hydroxyl groups is 1. The van der Waals surface area contributed by atoms with Gasteiger partial charge in [0.2, 0.25) is 5.69 Å². The molecule has 0 saturated heterocycles. The van der Waals surface area contributed by atoms with Gasteiger partial charge in [-0.15, -0.1) is 5.10 Å². The number of nitriles is 1. The molecule has 1 aromatic heterocycles. The van der Waals surface area contributed by atoms with E-state index in [9.17, 15) is 14.7 Å². The van der Waals surface area contributed by atoms with E-state index in [0.717, 1.165) is 10.3 Å². The quantitative estimate of drug-likeness (QED) is 0.666. The molecule has 150 valence electrons. The van der Waals surface area contributed by atoms with Crippen LogP contribution in [0.3, 0.4) is 0 Å². The van der Waals surface area contributed by atoms with Gasteiger partial charge >= 0.3 is 5.69 Å². The maximum atomic E-state index is 12.0. The van der Waals surface area contributed by atoms with E-state index in [2.05, 4.69) is 10.4 Å². The fourth-order valence-electron chi connectivity index (χ4n) is 2.62. The van der Waals surface area contributed by atoms with Crippen molar-refractivity contribution >= 4 is 23.2 Å². The number of ether oxygens (including phenoxy) is 1. The highest BCUT2D eigenvalue weighted by atomic mass is 35.5. The van der Waals surface area contributed by atoms with Gasteiger partial charge in [0, 0.05) is 6.20 Å². The molecule has 1 aromatic carbocycles. The van der Waals surface area contributed by atoms with Crippen molar-refractivity contribution in [2.24, 2.45) is 5.92 Å². The summed E-state index contributed by atoms with van der Waals surface area (Å²) in [5, 5.41) is 25.5. The number of hydrogen-bond donors (Lipinski definition) is 3. The van der Waals surface area contributed by atoms with Crippen LogP contribution < -0.4 is 21.3 Å². The number of dihydropyridines is 1. The smallest absolute Gasteiger partial charge is 0.349 e. The zero-order valence-electron chi connectivity index (χ0n) is 15.2. The summed E-state index contributed by atoms with van der Waals surface area (Å²) >= 11 is 12.6. The number of H-pyrrole nitrogens is 1. The highest BCUT2D eigenvalue weighted by Crippen LogP contribution is 2.37. The molecule has 11 heteroatoms. The van der Waals surface area contributed by atoms with Crippen LogP contribution in [0.5, 0.6) is 5.75 Å². The number of rotatable bonds is 4. The van der Waals surface area contributed by atoms with Crippen molar-refractivity contribution in [2.45, 2.75) is 20.1 Å². The van der Waals surface area contributed by atoms with Gasteiger partial charge in [-0.2, -0.15) is 9.94 Å². The lowest BCUT2D eigenvalue weighted by molar-refractivity contribution is 0.173. The molecule has 0 spiro atoms. The second-order valence-electron chi connectivity index (χ2n) is 6.39. The van der Waals surface area contributed by atoms with E-state index in [1.54, 1.807) is 12.1 Å². The summed E-state index contributed by atoms with van der Waals surface area (Å²) in [6.07, 6.45) is 2.34. The first-order valence-corrected chi connectivity index (χ1v) is 9.13. The monoisotopic (exact) mass is 435 g/mol. The van der Waals surface area contributed by atoms with Gasteiger partial charge in [-0.25, -0.2) is 4.79 Å². The number of aromatic amines is 1. The Morgan fingerprint density at radius 2 is 1.97 bits per heavy atom. The number of aromatic nitrogens is 3. The summed E-state index contributed by atoms with van der Waals surface area (Å²) in [5.74, 6) is 0.575. The number of nitrogens with zero attached hydrogens (tertiary/aromatic N) is 3. The third-order valence-electron chi connectivity index (χ3n) is 4.06. The molecular weight excluding hydrogens is 421 g/mol. The number of benzene rings is 1. The van der Waals surface area contributed by atoms with Crippen molar-refractivity contribution in [1.29, 1.82) is 5.26 Å². The molecule has 1 atom stereocenters. The Bertz CT molecular complexity index is 1170. The average Bonchev–Trinajstić information content (AvgIpc) is 2.65. The minimum Gasteiger partial charge on any atom is -0.453 e. The summed E-state index contributed by atoms with van der Waals surface area (Å²) in [7, 11) is 0. The molecule has 3 N–H and O–H groups in total. The standard InChI is InChI=1S/C18H15Cl2N5O4/c1-8(2)11-5-10(7-22-16(11)26)29-15-12(19)3-9(4-13(15)20)25-18(28)23-17(27)14(6-21)24-25/h3-5,7-8,16,22,26H,1-2H3,(H,23,27,28). The number of aliphatic hydroxyl groups excluding tert-OH is 1. The predicted octanol–water partition coefficient (Wildman–Crippen LogP) is 1.82. The second kappa shape index (κ2) is 8.13. The van der Waals surface area contributed by atoms with E-state index in [1.807, 2.05) is 18.8 Å². The molecule has 29 heavy (non-hydrogen) atoms. The summed E-state index contributed by atoms with van der Waals surface area (Å²) in [4.78, 5) is 25.5. The first-order valence-electron chi connectivity index (χ1n) is 8.38. The maximum absolute atomic E-state index is 12.0. The molecule has 2 heterocycles. The van der Waals surface area contributed by atoms with Gasteiger partial charge in [-0.05, 0) is 29.7 Å². The van der Waals surface area contributed by atoms with Crippen LogP contribution in [0.15, 0.2) is 45.3 Å². The van der Waals surface area contributed by atoms with Gasteiger partial charge < -0.3 is 15.2 Å². The summed E-state index contributed by atoms with van der Waals surface area (Å²) in [5.41, 5.74) is -1.38. The molecule has 0 bridgehead atoms. The van der Waals surface area contributed by atoms with E-state index in [0.29, 0.717) is 5.76 Å². The van der Waals surface area contributed by atoms with Gasteiger partial charge in [-0.1, -0.05) is 37.0 Å². The number of halogens is 2. The Kier molecular flexibility index (Phi) is 5.79. The third kappa shape index (κ3) is 4.19. The van der Waals surface area contributed by atoms with Crippen LogP contribution >= 0.6 is 23.2 Å².